The second-order valence-electron chi connectivity index (χ2n) is 6.18. The minimum atomic E-state index is 0.115. The number of likely N-dealkylation sites (tertiary alicyclic amines) is 1. The molecule has 23 heavy (non-hydrogen) atoms. The molecule has 118 valence electrons. The summed E-state index contributed by atoms with van der Waals surface area (Å²) in [6.45, 7) is 2.40. The highest BCUT2D eigenvalue weighted by atomic mass is 79.9. The van der Waals surface area contributed by atoms with Gasteiger partial charge in [0.05, 0.1) is 12.2 Å². The lowest BCUT2D eigenvalue weighted by atomic mass is 9.96. The minimum Gasteiger partial charge on any atom is -0.493 e. The molecule has 0 radical (unpaired) electrons. The Kier molecular flexibility index (Phi) is 3.85. The maximum atomic E-state index is 12.7. The van der Waals surface area contributed by atoms with E-state index in [1.54, 1.807) is 0 Å². The molecule has 1 fully saturated rings. The van der Waals surface area contributed by atoms with E-state index in [9.17, 15) is 4.79 Å². The quantitative estimate of drug-likeness (QED) is 0.797. The molecule has 2 aliphatic rings. The number of ether oxygens (including phenoxy) is 1. The van der Waals surface area contributed by atoms with E-state index in [1.807, 2.05) is 29.2 Å². The summed E-state index contributed by atoms with van der Waals surface area (Å²) in [5.74, 6) is 1.56. The van der Waals surface area contributed by atoms with E-state index in [0.29, 0.717) is 5.92 Å². The Hall–Kier alpha value is -1.81. The normalized spacial score (nSPS) is 19.5. The summed E-state index contributed by atoms with van der Waals surface area (Å²) in [5, 5.41) is 0. The van der Waals surface area contributed by atoms with E-state index in [0.717, 1.165) is 48.3 Å². The Morgan fingerprint density at radius 2 is 2.09 bits per heavy atom. The first-order valence-corrected chi connectivity index (χ1v) is 8.81. The number of hydrogen-bond acceptors (Lipinski definition) is 2. The van der Waals surface area contributed by atoms with Gasteiger partial charge in [-0.25, -0.2) is 0 Å². The molecule has 0 saturated carbocycles. The molecule has 2 aromatic carbocycles. The second kappa shape index (κ2) is 6.00. The number of fused-ring (bicyclic) bond motifs is 1. The highest BCUT2D eigenvalue weighted by Gasteiger charge is 2.29. The fourth-order valence-corrected chi connectivity index (χ4v) is 3.94. The Labute approximate surface area is 144 Å². The van der Waals surface area contributed by atoms with E-state index >= 15 is 0 Å². The molecule has 1 amide bonds. The minimum absolute atomic E-state index is 0.115. The lowest BCUT2D eigenvalue weighted by Gasteiger charge is -2.18. The Bertz CT molecular complexity index is 759. The fraction of sp³-hybridized carbons (Fsp3) is 0.316. The third-order valence-electron chi connectivity index (χ3n) is 4.76. The van der Waals surface area contributed by atoms with Gasteiger partial charge in [0.15, 0.2) is 0 Å². The van der Waals surface area contributed by atoms with Gasteiger partial charge in [0.25, 0.3) is 5.91 Å². The van der Waals surface area contributed by atoms with Crippen LogP contribution >= 0.6 is 15.9 Å². The monoisotopic (exact) mass is 371 g/mol. The molecule has 0 aromatic heterocycles. The molecule has 2 aliphatic heterocycles. The van der Waals surface area contributed by atoms with Crippen molar-refractivity contribution in [3.63, 3.8) is 0 Å². The Morgan fingerprint density at radius 1 is 1.22 bits per heavy atom. The van der Waals surface area contributed by atoms with Gasteiger partial charge in [-0.1, -0.05) is 24.3 Å². The fourth-order valence-electron chi connectivity index (χ4n) is 3.48. The van der Waals surface area contributed by atoms with Gasteiger partial charge in [0, 0.05) is 29.9 Å². The third-order valence-corrected chi connectivity index (χ3v) is 5.46. The first-order valence-electron chi connectivity index (χ1n) is 8.02. The zero-order valence-electron chi connectivity index (χ0n) is 12.8. The molecule has 1 atom stereocenters. The summed E-state index contributed by atoms with van der Waals surface area (Å²) in [5.41, 5.74) is 3.38. The van der Waals surface area contributed by atoms with Gasteiger partial charge in [0.1, 0.15) is 5.75 Å². The first kappa shape index (κ1) is 14.8. The number of carbonyl (C=O) groups is 1. The number of nitrogens with zero attached hydrogens (tertiary/aromatic N) is 1. The molecular formula is C19H18BrNO2. The number of halogens is 1. The van der Waals surface area contributed by atoms with Crippen molar-refractivity contribution < 1.29 is 9.53 Å². The van der Waals surface area contributed by atoms with Crippen LogP contribution in [0.4, 0.5) is 0 Å². The van der Waals surface area contributed by atoms with Crippen molar-refractivity contribution >= 4 is 21.8 Å². The van der Waals surface area contributed by atoms with E-state index in [-0.39, 0.29) is 5.91 Å². The van der Waals surface area contributed by atoms with Crippen LogP contribution in [0.15, 0.2) is 46.9 Å². The Balaban J connectivity index is 1.51. The molecule has 4 rings (SSSR count). The molecule has 4 heteroatoms. The zero-order chi connectivity index (χ0) is 15.8. The zero-order valence-corrected chi connectivity index (χ0v) is 14.4. The van der Waals surface area contributed by atoms with E-state index < -0.39 is 0 Å². The summed E-state index contributed by atoms with van der Waals surface area (Å²) in [6.07, 6.45) is 2.02. The first-order chi connectivity index (χ1) is 11.2. The molecule has 2 heterocycles. The van der Waals surface area contributed by atoms with Gasteiger partial charge in [-0.05, 0) is 51.7 Å². The number of carbonyl (C=O) groups excluding carboxylic acids is 1. The predicted octanol–water partition coefficient (Wildman–Crippen LogP) is 4.01. The molecule has 0 spiro atoms. The lowest BCUT2D eigenvalue weighted by molar-refractivity contribution is 0.0790. The van der Waals surface area contributed by atoms with Crippen LogP contribution in [-0.4, -0.2) is 30.5 Å². The van der Waals surface area contributed by atoms with Gasteiger partial charge >= 0.3 is 0 Å². The van der Waals surface area contributed by atoms with Crippen LogP contribution in [0.2, 0.25) is 0 Å². The molecular weight excluding hydrogens is 354 g/mol. The molecule has 0 N–H and O–H groups in total. The highest BCUT2D eigenvalue weighted by molar-refractivity contribution is 9.10. The van der Waals surface area contributed by atoms with Gasteiger partial charge in [0.2, 0.25) is 0 Å². The van der Waals surface area contributed by atoms with Crippen molar-refractivity contribution in [1.82, 2.24) is 4.90 Å². The summed E-state index contributed by atoms with van der Waals surface area (Å²) in [6, 6.07) is 14.1. The van der Waals surface area contributed by atoms with Crippen molar-refractivity contribution in [2.45, 2.75) is 18.8 Å². The molecule has 3 nitrogen and oxygen atoms in total. The van der Waals surface area contributed by atoms with E-state index in [4.69, 9.17) is 4.74 Å². The maximum Gasteiger partial charge on any atom is 0.255 e. The standard InChI is InChI=1S/C19H18BrNO2/c20-17-4-2-1-3-16(17)19(22)21-9-7-15(12-21)13-5-6-18-14(11-13)8-10-23-18/h1-6,11,15H,7-10,12H2/t15-/m0/s1. The average Bonchev–Trinajstić information content (AvgIpc) is 3.23. The van der Waals surface area contributed by atoms with Gasteiger partial charge < -0.3 is 9.64 Å². The van der Waals surface area contributed by atoms with Crippen LogP contribution in [0.1, 0.15) is 33.8 Å². The predicted molar refractivity (Wildman–Crippen MR) is 93.0 cm³/mol. The molecule has 2 aromatic rings. The van der Waals surface area contributed by atoms with Crippen molar-refractivity contribution in [3.8, 4) is 5.75 Å². The summed E-state index contributed by atoms with van der Waals surface area (Å²) in [4.78, 5) is 14.7. The van der Waals surface area contributed by atoms with Crippen LogP contribution in [0.3, 0.4) is 0 Å². The molecule has 1 saturated heterocycles. The SMILES string of the molecule is O=C(c1ccccc1Br)N1CC[C@H](c2ccc3c(c2)CCO3)C1. The number of hydrogen-bond donors (Lipinski definition) is 0. The third kappa shape index (κ3) is 2.76. The van der Waals surface area contributed by atoms with Crippen molar-refractivity contribution in [1.29, 1.82) is 0 Å². The largest absolute Gasteiger partial charge is 0.493 e. The number of amides is 1. The molecule has 0 unspecified atom stereocenters. The smallest absolute Gasteiger partial charge is 0.255 e. The molecule has 0 bridgehead atoms. The number of rotatable bonds is 2. The van der Waals surface area contributed by atoms with Gasteiger partial charge in [-0.3, -0.25) is 4.79 Å². The van der Waals surface area contributed by atoms with Crippen molar-refractivity contribution in [3.05, 3.63) is 63.6 Å². The Morgan fingerprint density at radius 3 is 2.96 bits per heavy atom. The van der Waals surface area contributed by atoms with Crippen molar-refractivity contribution in [2.24, 2.45) is 0 Å². The van der Waals surface area contributed by atoms with Gasteiger partial charge in [-0.15, -0.1) is 0 Å². The molecule has 0 aliphatic carbocycles. The topological polar surface area (TPSA) is 29.5 Å². The second-order valence-corrected chi connectivity index (χ2v) is 7.04. The van der Waals surface area contributed by atoms with Crippen LogP contribution in [0, 0.1) is 0 Å². The highest BCUT2D eigenvalue weighted by Crippen LogP contribution is 2.33. The van der Waals surface area contributed by atoms with Crippen LogP contribution in [0.5, 0.6) is 5.75 Å². The van der Waals surface area contributed by atoms with Crippen LogP contribution < -0.4 is 4.74 Å². The summed E-state index contributed by atoms with van der Waals surface area (Å²) in [7, 11) is 0. The van der Waals surface area contributed by atoms with E-state index in [2.05, 4.69) is 34.1 Å². The van der Waals surface area contributed by atoms with Gasteiger partial charge in [-0.2, -0.15) is 0 Å². The van der Waals surface area contributed by atoms with Crippen molar-refractivity contribution in [2.75, 3.05) is 19.7 Å². The summed E-state index contributed by atoms with van der Waals surface area (Å²) < 4.78 is 6.44. The summed E-state index contributed by atoms with van der Waals surface area (Å²) >= 11 is 3.48. The van der Waals surface area contributed by atoms with E-state index in [1.165, 1.54) is 11.1 Å². The van der Waals surface area contributed by atoms with Crippen LogP contribution in [-0.2, 0) is 6.42 Å². The average molecular weight is 372 g/mol. The number of benzene rings is 2. The maximum absolute atomic E-state index is 12.7. The van der Waals surface area contributed by atoms with Crippen LogP contribution in [0.25, 0.3) is 0 Å². The lowest BCUT2D eigenvalue weighted by Crippen LogP contribution is -2.28.